The SMILES string of the molecule is Cc1cc(Sc2ccc(C(=O)O)c(N)c2)n(C)n1. The minimum absolute atomic E-state index is 0.125. The number of carboxylic acids is 1. The van der Waals surface area contributed by atoms with Crippen molar-refractivity contribution in [1.29, 1.82) is 0 Å². The molecule has 0 unspecified atom stereocenters. The Bertz CT molecular complexity index is 607. The summed E-state index contributed by atoms with van der Waals surface area (Å²) in [5.74, 6) is -1.01. The largest absolute Gasteiger partial charge is 0.478 e. The first-order valence-electron chi connectivity index (χ1n) is 5.28. The van der Waals surface area contributed by atoms with Gasteiger partial charge in [0.1, 0.15) is 0 Å². The molecule has 0 spiro atoms. The van der Waals surface area contributed by atoms with E-state index in [1.165, 1.54) is 17.8 Å². The molecule has 0 atom stereocenters. The maximum atomic E-state index is 10.8. The number of carboxylic acid groups (broad SMARTS) is 1. The Morgan fingerprint density at radius 1 is 1.44 bits per heavy atom. The zero-order valence-electron chi connectivity index (χ0n) is 10.0. The summed E-state index contributed by atoms with van der Waals surface area (Å²) in [5.41, 5.74) is 7.04. The van der Waals surface area contributed by atoms with Crippen molar-refractivity contribution in [2.24, 2.45) is 7.05 Å². The van der Waals surface area contributed by atoms with E-state index in [0.29, 0.717) is 0 Å². The first kappa shape index (κ1) is 12.5. The van der Waals surface area contributed by atoms with Crippen LogP contribution in [0.1, 0.15) is 16.1 Å². The van der Waals surface area contributed by atoms with E-state index >= 15 is 0 Å². The number of aromatic nitrogens is 2. The molecule has 0 bridgehead atoms. The van der Waals surface area contributed by atoms with Gasteiger partial charge in [-0.15, -0.1) is 0 Å². The lowest BCUT2D eigenvalue weighted by Crippen LogP contribution is -2.02. The molecule has 0 aliphatic carbocycles. The highest BCUT2D eigenvalue weighted by Gasteiger charge is 2.10. The van der Waals surface area contributed by atoms with Gasteiger partial charge in [-0.05, 0) is 31.2 Å². The Kier molecular flexibility index (Phi) is 3.29. The minimum Gasteiger partial charge on any atom is -0.478 e. The number of nitrogen functional groups attached to an aromatic ring is 1. The van der Waals surface area contributed by atoms with Gasteiger partial charge in [-0.1, -0.05) is 11.8 Å². The molecule has 5 nitrogen and oxygen atoms in total. The summed E-state index contributed by atoms with van der Waals surface area (Å²) in [5, 5.41) is 14.1. The second kappa shape index (κ2) is 4.73. The van der Waals surface area contributed by atoms with Gasteiger partial charge in [-0.25, -0.2) is 4.79 Å². The zero-order chi connectivity index (χ0) is 13.3. The predicted octanol–water partition coefficient (Wildman–Crippen LogP) is 2.16. The molecule has 6 heteroatoms. The summed E-state index contributed by atoms with van der Waals surface area (Å²) in [6.45, 7) is 1.92. The molecule has 0 fully saturated rings. The van der Waals surface area contributed by atoms with Gasteiger partial charge in [-0.3, -0.25) is 4.68 Å². The monoisotopic (exact) mass is 263 g/mol. The summed E-state index contributed by atoms with van der Waals surface area (Å²) < 4.78 is 1.78. The summed E-state index contributed by atoms with van der Waals surface area (Å²) in [4.78, 5) is 11.7. The fourth-order valence-electron chi connectivity index (χ4n) is 1.60. The highest BCUT2D eigenvalue weighted by molar-refractivity contribution is 7.99. The Morgan fingerprint density at radius 3 is 2.67 bits per heavy atom. The highest BCUT2D eigenvalue weighted by atomic mass is 32.2. The summed E-state index contributed by atoms with van der Waals surface area (Å²) >= 11 is 1.50. The van der Waals surface area contributed by atoms with Gasteiger partial charge in [-0.2, -0.15) is 5.10 Å². The zero-order valence-corrected chi connectivity index (χ0v) is 10.9. The molecular weight excluding hydrogens is 250 g/mol. The molecule has 0 saturated heterocycles. The third-order valence-electron chi connectivity index (χ3n) is 2.43. The Morgan fingerprint density at radius 2 is 2.17 bits per heavy atom. The third-order valence-corrected chi connectivity index (χ3v) is 3.52. The fraction of sp³-hybridized carbons (Fsp3) is 0.167. The van der Waals surface area contributed by atoms with E-state index in [4.69, 9.17) is 10.8 Å². The lowest BCUT2D eigenvalue weighted by Gasteiger charge is -2.05. The quantitative estimate of drug-likeness (QED) is 0.829. The molecule has 1 heterocycles. The van der Waals surface area contributed by atoms with E-state index in [1.807, 2.05) is 20.0 Å². The fourth-order valence-corrected chi connectivity index (χ4v) is 2.57. The van der Waals surface area contributed by atoms with Crippen LogP contribution in [0.4, 0.5) is 5.69 Å². The van der Waals surface area contributed by atoms with Gasteiger partial charge in [0.2, 0.25) is 0 Å². The van der Waals surface area contributed by atoms with Crippen molar-refractivity contribution in [3.05, 3.63) is 35.5 Å². The van der Waals surface area contributed by atoms with Crippen LogP contribution in [-0.2, 0) is 7.05 Å². The van der Waals surface area contributed by atoms with E-state index in [-0.39, 0.29) is 11.3 Å². The van der Waals surface area contributed by atoms with Crippen molar-refractivity contribution >= 4 is 23.4 Å². The molecule has 1 aromatic heterocycles. The number of aryl methyl sites for hydroxylation is 2. The van der Waals surface area contributed by atoms with Gasteiger partial charge >= 0.3 is 5.97 Å². The molecule has 3 N–H and O–H groups in total. The molecule has 2 aromatic rings. The van der Waals surface area contributed by atoms with E-state index in [2.05, 4.69) is 5.10 Å². The van der Waals surface area contributed by atoms with Crippen LogP contribution >= 0.6 is 11.8 Å². The molecule has 2 rings (SSSR count). The van der Waals surface area contributed by atoms with Gasteiger partial charge in [0.25, 0.3) is 0 Å². The lowest BCUT2D eigenvalue weighted by atomic mass is 10.2. The van der Waals surface area contributed by atoms with Crippen molar-refractivity contribution in [1.82, 2.24) is 9.78 Å². The molecule has 0 amide bonds. The van der Waals surface area contributed by atoms with Crippen LogP contribution in [0.3, 0.4) is 0 Å². The molecule has 0 aliphatic rings. The molecule has 18 heavy (non-hydrogen) atoms. The first-order chi connectivity index (χ1) is 8.47. The molecule has 1 aromatic carbocycles. The average Bonchev–Trinajstić information content (AvgIpc) is 2.57. The van der Waals surface area contributed by atoms with Crippen LogP contribution in [0.5, 0.6) is 0 Å². The van der Waals surface area contributed by atoms with Crippen LogP contribution in [0.15, 0.2) is 34.2 Å². The first-order valence-corrected chi connectivity index (χ1v) is 6.10. The maximum absolute atomic E-state index is 10.8. The topological polar surface area (TPSA) is 81.1 Å². The van der Waals surface area contributed by atoms with E-state index in [0.717, 1.165) is 15.6 Å². The molecule has 94 valence electrons. The van der Waals surface area contributed by atoms with Crippen molar-refractivity contribution in [2.45, 2.75) is 16.8 Å². The molecule has 0 radical (unpaired) electrons. The highest BCUT2D eigenvalue weighted by Crippen LogP contribution is 2.30. The van der Waals surface area contributed by atoms with Gasteiger partial charge in [0.15, 0.2) is 0 Å². The number of hydrogen-bond acceptors (Lipinski definition) is 4. The van der Waals surface area contributed by atoms with E-state index in [1.54, 1.807) is 16.8 Å². The minimum atomic E-state index is -1.01. The van der Waals surface area contributed by atoms with Crippen molar-refractivity contribution < 1.29 is 9.90 Å². The van der Waals surface area contributed by atoms with Crippen molar-refractivity contribution in [3.63, 3.8) is 0 Å². The number of hydrogen-bond donors (Lipinski definition) is 2. The Hall–Kier alpha value is -1.95. The third kappa shape index (κ3) is 2.48. The van der Waals surface area contributed by atoms with Crippen LogP contribution in [-0.4, -0.2) is 20.9 Å². The molecular formula is C12H13N3O2S. The second-order valence-corrected chi connectivity index (χ2v) is 5.00. The number of aromatic carboxylic acids is 1. The van der Waals surface area contributed by atoms with Crippen LogP contribution in [0, 0.1) is 6.92 Å². The van der Waals surface area contributed by atoms with Crippen LogP contribution in [0.25, 0.3) is 0 Å². The number of nitrogens with two attached hydrogens (primary N) is 1. The maximum Gasteiger partial charge on any atom is 0.337 e. The predicted molar refractivity (Wildman–Crippen MR) is 69.9 cm³/mol. The van der Waals surface area contributed by atoms with Crippen molar-refractivity contribution in [3.8, 4) is 0 Å². The van der Waals surface area contributed by atoms with Gasteiger partial charge in [0, 0.05) is 17.6 Å². The van der Waals surface area contributed by atoms with E-state index in [9.17, 15) is 4.79 Å². The Labute approximate surface area is 109 Å². The second-order valence-electron chi connectivity index (χ2n) is 3.90. The summed E-state index contributed by atoms with van der Waals surface area (Å²) in [7, 11) is 1.87. The number of rotatable bonds is 3. The lowest BCUT2D eigenvalue weighted by molar-refractivity contribution is 0.0698. The number of nitrogens with zero attached hydrogens (tertiary/aromatic N) is 2. The van der Waals surface area contributed by atoms with Crippen LogP contribution in [0.2, 0.25) is 0 Å². The smallest absolute Gasteiger partial charge is 0.337 e. The Balaban J connectivity index is 2.28. The summed E-state index contributed by atoms with van der Waals surface area (Å²) in [6, 6.07) is 6.89. The van der Waals surface area contributed by atoms with Gasteiger partial charge < -0.3 is 10.8 Å². The van der Waals surface area contributed by atoms with Gasteiger partial charge in [0.05, 0.1) is 16.3 Å². The molecule has 0 saturated carbocycles. The van der Waals surface area contributed by atoms with Crippen molar-refractivity contribution in [2.75, 3.05) is 5.73 Å². The standard InChI is InChI=1S/C12H13N3O2S/c1-7-5-11(15(2)14-7)18-8-3-4-9(12(16)17)10(13)6-8/h3-6H,13H2,1-2H3,(H,16,17). The number of carbonyl (C=O) groups is 1. The summed E-state index contributed by atoms with van der Waals surface area (Å²) in [6.07, 6.45) is 0. The molecule has 0 aliphatic heterocycles. The van der Waals surface area contributed by atoms with E-state index < -0.39 is 5.97 Å². The normalized spacial score (nSPS) is 10.6. The number of anilines is 1. The van der Waals surface area contributed by atoms with Crippen LogP contribution < -0.4 is 5.73 Å². The average molecular weight is 263 g/mol. The number of benzene rings is 1.